The van der Waals surface area contributed by atoms with Crippen LogP contribution in [0, 0.1) is 0 Å². The Hall–Kier alpha value is -1.58. The minimum absolute atomic E-state index is 0.369. The van der Waals surface area contributed by atoms with Gasteiger partial charge in [-0.3, -0.25) is 9.78 Å². The van der Waals surface area contributed by atoms with Gasteiger partial charge >= 0.3 is 5.69 Å². The van der Waals surface area contributed by atoms with Crippen LogP contribution in [0.3, 0.4) is 0 Å². The zero-order valence-electron chi connectivity index (χ0n) is 6.05. The molecule has 0 aliphatic carbocycles. The van der Waals surface area contributed by atoms with E-state index in [4.69, 9.17) is 0 Å². The number of nitrogens with one attached hydrogen (secondary N) is 2. The van der Waals surface area contributed by atoms with E-state index in [9.17, 15) is 9.59 Å². The molecule has 1 aromatic rings. The van der Waals surface area contributed by atoms with Gasteiger partial charge in [0.2, 0.25) is 0 Å². The van der Waals surface area contributed by atoms with Crippen LogP contribution < -0.4 is 11.2 Å². The highest BCUT2D eigenvalue weighted by Crippen LogP contribution is 1.86. The zero-order valence-corrected chi connectivity index (χ0v) is 6.05. The minimum atomic E-state index is -0.483. The number of allylic oxidation sites excluding steroid dienone is 1. The molecule has 0 saturated heterocycles. The molecule has 2 N–H and O–H groups in total. The summed E-state index contributed by atoms with van der Waals surface area (Å²) in [6, 6.07) is 0. The topological polar surface area (TPSA) is 65.7 Å². The van der Waals surface area contributed by atoms with E-state index in [1.165, 1.54) is 6.20 Å². The van der Waals surface area contributed by atoms with Crippen molar-refractivity contribution in [2.24, 2.45) is 0 Å². The van der Waals surface area contributed by atoms with Gasteiger partial charge in [0.15, 0.2) is 0 Å². The summed E-state index contributed by atoms with van der Waals surface area (Å²) in [7, 11) is 0. The Morgan fingerprint density at radius 2 is 2.18 bits per heavy atom. The highest BCUT2D eigenvalue weighted by molar-refractivity contribution is 5.45. The zero-order chi connectivity index (χ0) is 8.27. The van der Waals surface area contributed by atoms with E-state index in [-0.39, 0.29) is 5.56 Å². The van der Waals surface area contributed by atoms with Crippen molar-refractivity contribution in [2.75, 3.05) is 0 Å². The highest BCUT2D eigenvalue weighted by atomic mass is 16.2. The number of H-pyrrole nitrogens is 2. The van der Waals surface area contributed by atoms with E-state index >= 15 is 0 Å². The number of aromatic amines is 2. The van der Waals surface area contributed by atoms with Crippen molar-refractivity contribution < 1.29 is 0 Å². The second-order valence-corrected chi connectivity index (χ2v) is 2.03. The number of hydrogen-bond donors (Lipinski definition) is 2. The molecule has 11 heavy (non-hydrogen) atoms. The van der Waals surface area contributed by atoms with E-state index in [1.807, 2.05) is 0 Å². The predicted molar refractivity (Wildman–Crippen MR) is 42.4 cm³/mol. The largest absolute Gasteiger partial charge is 0.325 e. The fourth-order valence-electron chi connectivity index (χ4n) is 0.724. The maximum atomic E-state index is 10.9. The molecule has 0 aromatic carbocycles. The van der Waals surface area contributed by atoms with Crippen LogP contribution in [0.4, 0.5) is 0 Å². The molecule has 0 aliphatic rings. The molecule has 58 valence electrons. The lowest BCUT2D eigenvalue weighted by Gasteiger charge is -1.87. The third-order valence-corrected chi connectivity index (χ3v) is 1.19. The van der Waals surface area contributed by atoms with Crippen LogP contribution in [0.1, 0.15) is 12.5 Å². The molecular weight excluding hydrogens is 144 g/mol. The quantitative estimate of drug-likeness (QED) is 0.599. The van der Waals surface area contributed by atoms with Gasteiger partial charge < -0.3 is 4.98 Å². The highest BCUT2D eigenvalue weighted by Gasteiger charge is 1.92. The molecule has 0 atom stereocenters. The van der Waals surface area contributed by atoms with Crippen LogP contribution in [0.15, 0.2) is 21.9 Å². The van der Waals surface area contributed by atoms with Crippen LogP contribution in [0.25, 0.3) is 6.08 Å². The van der Waals surface area contributed by atoms with Gasteiger partial charge in [-0.25, -0.2) is 4.79 Å². The summed E-state index contributed by atoms with van der Waals surface area (Å²) in [6.07, 6.45) is 4.72. The first kappa shape index (κ1) is 7.53. The molecule has 0 fully saturated rings. The Morgan fingerprint density at radius 3 is 2.73 bits per heavy atom. The Kier molecular flexibility index (Phi) is 2.06. The van der Waals surface area contributed by atoms with E-state index in [1.54, 1.807) is 19.1 Å². The van der Waals surface area contributed by atoms with Crippen LogP contribution in [0.2, 0.25) is 0 Å². The van der Waals surface area contributed by atoms with Crippen molar-refractivity contribution in [1.29, 1.82) is 0 Å². The Morgan fingerprint density at radius 1 is 1.45 bits per heavy atom. The fraction of sp³-hybridized carbons (Fsp3) is 0.143. The lowest BCUT2D eigenvalue weighted by Crippen LogP contribution is -2.22. The second kappa shape index (κ2) is 3.01. The summed E-state index contributed by atoms with van der Waals surface area (Å²) in [4.78, 5) is 25.9. The molecule has 0 aliphatic heterocycles. The Bertz CT molecular complexity index is 373. The molecule has 1 rings (SSSR count). The number of rotatable bonds is 1. The Balaban J connectivity index is 3.31. The van der Waals surface area contributed by atoms with E-state index < -0.39 is 5.69 Å². The van der Waals surface area contributed by atoms with Crippen LogP contribution in [-0.2, 0) is 0 Å². The average Bonchev–Trinajstić information content (AvgIpc) is 1.95. The SMILES string of the molecule is C/C=C/c1c[nH]c(=O)[nH]c1=O. The van der Waals surface area contributed by atoms with Crippen LogP contribution in [-0.4, -0.2) is 9.97 Å². The monoisotopic (exact) mass is 152 g/mol. The molecule has 4 nitrogen and oxygen atoms in total. The van der Waals surface area contributed by atoms with Gasteiger partial charge in [0, 0.05) is 6.20 Å². The van der Waals surface area contributed by atoms with Gasteiger partial charge in [-0.1, -0.05) is 12.2 Å². The van der Waals surface area contributed by atoms with Crippen molar-refractivity contribution in [1.82, 2.24) is 9.97 Å². The minimum Gasteiger partial charge on any atom is -0.314 e. The smallest absolute Gasteiger partial charge is 0.314 e. The molecule has 0 amide bonds. The van der Waals surface area contributed by atoms with E-state index in [2.05, 4.69) is 9.97 Å². The normalized spacial score (nSPS) is 10.6. The molecule has 0 spiro atoms. The second-order valence-electron chi connectivity index (χ2n) is 2.03. The number of hydrogen-bond acceptors (Lipinski definition) is 2. The van der Waals surface area contributed by atoms with Gasteiger partial charge in [-0.15, -0.1) is 0 Å². The summed E-state index contributed by atoms with van der Waals surface area (Å²) in [5.74, 6) is 0. The lowest BCUT2D eigenvalue weighted by molar-refractivity contribution is 1.03. The average molecular weight is 152 g/mol. The Labute approximate surface area is 62.6 Å². The summed E-state index contributed by atoms with van der Waals surface area (Å²) in [6.45, 7) is 1.80. The summed E-state index contributed by atoms with van der Waals surface area (Å²) in [5, 5.41) is 0. The van der Waals surface area contributed by atoms with E-state index in [0.717, 1.165) is 0 Å². The number of aromatic nitrogens is 2. The van der Waals surface area contributed by atoms with E-state index in [0.29, 0.717) is 5.56 Å². The van der Waals surface area contributed by atoms with Crippen LogP contribution >= 0.6 is 0 Å². The molecule has 0 bridgehead atoms. The van der Waals surface area contributed by atoms with Gasteiger partial charge in [0.05, 0.1) is 5.56 Å². The summed E-state index contributed by atoms with van der Waals surface area (Å²) < 4.78 is 0. The standard InChI is InChI=1S/C7H8N2O2/c1-2-3-5-4-8-7(11)9-6(5)10/h2-4H,1H3,(H2,8,9,10,11)/b3-2+. The van der Waals surface area contributed by atoms with Gasteiger partial charge in [-0.2, -0.15) is 0 Å². The van der Waals surface area contributed by atoms with Crippen molar-refractivity contribution in [2.45, 2.75) is 6.92 Å². The molecule has 0 unspecified atom stereocenters. The van der Waals surface area contributed by atoms with Crippen LogP contribution in [0.5, 0.6) is 0 Å². The third kappa shape index (κ3) is 1.67. The fourth-order valence-corrected chi connectivity index (χ4v) is 0.724. The van der Waals surface area contributed by atoms with Gasteiger partial charge in [0.1, 0.15) is 0 Å². The molecule has 0 radical (unpaired) electrons. The maximum Gasteiger partial charge on any atom is 0.325 e. The first-order valence-corrected chi connectivity index (χ1v) is 3.18. The molecule has 0 saturated carbocycles. The first-order chi connectivity index (χ1) is 5.24. The molecule has 1 aromatic heterocycles. The van der Waals surface area contributed by atoms with Crippen molar-refractivity contribution in [3.8, 4) is 0 Å². The molecular formula is C7H8N2O2. The van der Waals surface area contributed by atoms with Gasteiger partial charge in [0.25, 0.3) is 5.56 Å². The first-order valence-electron chi connectivity index (χ1n) is 3.18. The molecule has 4 heteroatoms. The maximum absolute atomic E-state index is 10.9. The predicted octanol–water partition coefficient (Wildman–Crippen LogP) is 0.0963. The van der Waals surface area contributed by atoms with Crippen molar-refractivity contribution >= 4 is 6.08 Å². The third-order valence-electron chi connectivity index (χ3n) is 1.19. The summed E-state index contributed by atoms with van der Waals surface area (Å²) in [5.41, 5.74) is -0.401. The van der Waals surface area contributed by atoms with Gasteiger partial charge in [-0.05, 0) is 6.92 Å². The van der Waals surface area contributed by atoms with Crippen molar-refractivity contribution in [3.63, 3.8) is 0 Å². The molecule has 1 heterocycles. The lowest BCUT2D eigenvalue weighted by atomic mass is 10.3. The summed E-state index contributed by atoms with van der Waals surface area (Å²) >= 11 is 0. The van der Waals surface area contributed by atoms with Crippen molar-refractivity contribution in [3.05, 3.63) is 38.7 Å².